The second-order valence-corrected chi connectivity index (χ2v) is 16.7. The summed E-state index contributed by atoms with van der Waals surface area (Å²) in [6.45, 7) is 19.2. The van der Waals surface area contributed by atoms with E-state index in [9.17, 15) is 23.1 Å². The molecule has 1 atom stereocenters. The van der Waals surface area contributed by atoms with E-state index < -0.39 is 24.3 Å². The van der Waals surface area contributed by atoms with E-state index in [1.54, 1.807) is 0 Å². The number of nitrogens with zero attached hydrogens (tertiary/aromatic N) is 1. The van der Waals surface area contributed by atoms with Crippen molar-refractivity contribution in [1.29, 1.82) is 0 Å². The van der Waals surface area contributed by atoms with Crippen LogP contribution in [0.4, 0.5) is 13.2 Å². The third kappa shape index (κ3) is 10.7. The number of aliphatic hydroxyl groups excluding tert-OH is 1. The number of carbonyl (C=O) groups excluding carboxylic acids is 1. The van der Waals surface area contributed by atoms with E-state index in [1.165, 1.54) is 54.9 Å². The van der Waals surface area contributed by atoms with Gasteiger partial charge >= 0.3 is 6.18 Å². The number of benzene rings is 3. The Kier molecular flexibility index (Phi) is 14.0. The Bertz CT molecular complexity index is 1830. The van der Waals surface area contributed by atoms with E-state index in [-0.39, 0.29) is 49.0 Å². The smallest absolute Gasteiger partial charge is 0.389 e. The molecule has 1 aliphatic rings. The van der Waals surface area contributed by atoms with Gasteiger partial charge in [-0.05, 0) is 76.3 Å². The Morgan fingerprint density at radius 2 is 1.54 bits per heavy atom. The van der Waals surface area contributed by atoms with Crippen LogP contribution in [-0.2, 0) is 37.7 Å². The van der Waals surface area contributed by atoms with Gasteiger partial charge in [-0.3, -0.25) is 9.78 Å². The number of rotatable bonds is 9. The van der Waals surface area contributed by atoms with Gasteiger partial charge in [0.05, 0.1) is 12.2 Å². The van der Waals surface area contributed by atoms with Crippen LogP contribution in [0.1, 0.15) is 99.1 Å². The topological polar surface area (TPSA) is 50.2 Å². The molecular weight excluding hydrogens is 832 g/mol. The molecule has 5 rings (SSSR count). The number of carbonyl (C=O) groups is 1. The maximum atomic E-state index is 12.2. The summed E-state index contributed by atoms with van der Waals surface area (Å²) in [5.41, 5.74) is 5.56. The third-order valence-corrected chi connectivity index (χ3v) is 10.1. The zero-order valence-electron chi connectivity index (χ0n) is 30.8. The van der Waals surface area contributed by atoms with Crippen LogP contribution < -0.4 is 0 Å². The average molecular weight is 883 g/mol. The van der Waals surface area contributed by atoms with Crippen LogP contribution >= 0.6 is 11.8 Å². The number of aromatic nitrogens is 1. The zero-order chi connectivity index (χ0) is 36.3. The standard InChI is InChI=1S/C29H30NS.C13H21F3O2.Ir/c1-28(2,3)16-18-13-20-11-12-30-26-22-15-19-9-7-8-10-21(19)23(17-29(4,5)6)27(22)31-24(14-18)25(20)26;1-4-9(5-2)11(17)7-12(18)10(6-3)8-13(14,15)16;/h7-14H,16-17H2,1-6H3;7,9-10,17H,4-6,8H2,1-3H3;/q-1;;/b;11-7-;. The van der Waals surface area contributed by atoms with Gasteiger partial charge in [0, 0.05) is 54.8 Å². The van der Waals surface area contributed by atoms with E-state index in [4.69, 9.17) is 4.98 Å². The summed E-state index contributed by atoms with van der Waals surface area (Å²) >= 11 is 1.93. The van der Waals surface area contributed by atoms with Crippen molar-refractivity contribution in [2.45, 2.75) is 117 Å². The molecule has 0 saturated carbocycles. The number of hydrogen-bond acceptors (Lipinski definition) is 4. The summed E-state index contributed by atoms with van der Waals surface area (Å²) in [4.78, 5) is 19.2. The van der Waals surface area contributed by atoms with Crippen LogP contribution in [0.15, 0.2) is 70.3 Å². The molecule has 0 fully saturated rings. The Labute approximate surface area is 314 Å². The van der Waals surface area contributed by atoms with Crippen LogP contribution in [0.2, 0.25) is 0 Å². The third-order valence-electron chi connectivity index (χ3n) is 8.86. The molecule has 2 heterocycles. The Morgan fingerprint density at radius 3 is 2.12 bits per heavy atom. The number of ketones is 1. The predicted octanol–water partition coefficient (Wildman–Crippen LogP) is 12.9. The quantitative estimate of drug-likeness (QED) is 0.0910. The minimum Gasteiger partial charge on any atom is -0.512 e. The van der Waals surface area contributed by atoms with Crippen molar-refractivity contribution in [2.75, 3.05) is 0 Å². The van der Waals surface area contributed by atoms with Gasteiger partial charge in [-0.2, -0.15) is 13.2 Å². The van der Waals surface area contributed by atoms with Gasteiger partial charge in [0.2, 0.25) is 0 Å². The molecule has 0 aliphatic carbocycles. The number of fused-ring (bicyclic) bond motifs is 3. The molecule has 1 aromatic heterocycles. The number of pyridine rings is 1. The summed E-state index contributed by atoms with van der Waals surface area (Å²) in [5.74, 6) is -2.00. The molecule has 1 radical (unpaired) electrons. The molecule has 0 saturated heterocycles. The molecule has 3 nitrogen and oxygen atoms in total. The summed E-state index contributed by atoms with van der Waals surface area (Å²) in [7, 11) is 0. The van der Waals surface area contributed by atoms with E-state index >= 15 is 0 Å². The Balaban J connectivity index is 0.000000309. The molecule has 1 aliphatic heterocycles. The molecule has 3 aromatic carbocycles. The van der Waals surface area contributed by atoms with Crippen molar-refractivity contribution < 1.29 is 43.2 Å². The molecule has 4 aromatic rings. The number of allylic oxidation sites excluding steroid dienone is 2. The van der Waals surface area contributed by atoms with Gasteiger partial charge in [-0.1, -0.05) is 103 Å². The predicted molar refractivity (Wildman–Crippen MR) is 198 cm³/mol. The van der Waals surface area contributed by atoms with Crippen molar-refractivity contribution >= 4 is 39.1 Å². The van der Waals surface area contributed by atoms with Crippen LogP contribution in [0.3, 0.4) is 0 Å². The maximum absolute atomic E-state index is 12.2. The second kappa shape index (κ2) is 16.8. The number of aliphatic hydroxyl groups is 1. The number of halogens is 3. The van der Waals surface area contributed by atoms with E-state index in [2.05, 4.69) is 90.1 Å². The molecule has 0 bridgehead atoms. The molecule has 273 valence electrons. The van der Waals surface area contributed by atoms with Gasteiger partial charge < -0.3 is 5.11 Å². The summed E-state index contributed by atoms with van der Waals surface area (Å²) in [6.07, 6.45) is 0.982. The van der Waals surface area contributed by atoms with Crippen molar-refractivity contribution in [2.24, 2.45) is 22.7 Å². The van der Waals surface area contributed by atoms with Crippen LogP contribution in [0.25, 0.3) is 32.8 Å². The average Bonchev–Trinajstić information content (AvgIpc) is 2.99. The van der Waals surface area contributed by atoms with Crippen molar-refractivity contribution in [3.63, 3.8) is 0 Å². The molecule has 0 spiro atoms. The minimum atomic E-state index is -4.35. The number of alkyl halides is 3. The summed E-state index contributed by atoms with van der Waals surface area (Å²) < 4.78 is 36.7. The van der Waals surface area contributed by atoms with Gasteiger partial charge in [0.1, 0.15) is 0 Å². The van der Waals surface area contributed by atoms with E-state index in [0.29, 0.717) is 12.8 Å². The molecule has 50 heavy (non-hydrogen) atoms. The molecule has 1 unspecified atom stereocenters. The molecule has 0 amide bonds. The second-order valence-electron chi connectivity index (χ2n) is 15.7. The molecule has 1 N–H and O–H groups in total. The first-order chi connectivity index (χ1) is 22.8. The number of hydrogen-bond donors (Lipinski definition) is 1. The van der Waals surface area contributed by atoms with E-state index in [0.717, 1.165) is 24.6 Å². The van der Waals surface area contributed by atoms with Crippen LogP contribution in [0.5, 0.6) is 0 Å². The monoisotopic (exact) mass is 883 g/mol. The summed E-state index contributed by atoms with van der Waals surface area (Å²) in [6, 6.07) is 19.4. The van der Waals surface area contributed by atoms with Gasteiger partial charge in [0.15, 0.2) is 5.78 Å². The van der Waals surface area contributed by atoms with E-state index in [1.807, 2.05) is 31.8 Å². The molecule has 8 heteroatoms. The van der Waals surface area contributed by atoms with Gasteiger partial charge in [0.25, 0.3) is 0 Å². The van der Waals surface area contributed by atoms with Crippen molar-refractivity contribution in [1.82, 2.24) is 4.98 Å². The van der Waals surface area contributed by atoms with Crippen LogP contribution in [-0.4, -0.2) is 22.1 Å². The van der Waals surface area contributed by atoms with Crippen LogP contribution in [0, 0.1) is 28.7 Å². The van der Waals surface area contributed by atoms with Gasteiger partial charge in [-0.25, -0.2) is 0 Å². The fourth-order valence-electron chi connectivity index (χ4n) is 6.55. The largest absolute Gasteiger partial charge is 0.512 e. The maximum Gasteiger partial charge on any atom is 0.389 e. The first-order valence-corrected chi connectivity index (χ1v) is 18.2. The fraction of sp³-hybridized carbons (Fsp3) is 0.476. The SMILES string of the molecule is CC(C)(C)Cc1cc2c3c(nccc3c1)-c1[c-]c3ccccc3c(CC(C)(C)C)c1S2.CCC(CC(F)(F)F)C(=O)/C=C(\O)C(CC)CC.[Ir]. The Hall–Kier alpha value is -2.67. The zero-order valence-corrected chi connectivity index (χ0v) is 34.0. The minimum absolute atomic E-state index is 0. The normalized spacial score (nSPS) is 13.8. The first-order valence-electron chi connectivity index (χ1n) is 17.4. The molecular formula is C42H51F3IrNO2S-. The van der Waals surface area contributed by atoms with Crippen molar-refractivity contribution in [3.05, 3.63) is 77.7 Å². The summed E-state index contributed by atoms with van der Waals surface area (Å²) in [5, 5.41) is 14.8. The fourth-order valence-corrected chi connectivity index (χ4v) is 7.85. The first kappa shape index (κ1) is 41.7. The Morgan fingerprint density at radius 1 is 0.920 bits per heavy atom. The van der Waals surface area contributed by atoms with Gasteiger partial charge in [-0.15, -0.1) is 29.3 Å². The van der Waals surface area contributed by atoms with Crippen molar-refractivity contribution in [3.8, 4) is 11.3 Å².